The number of carboxylic acids is 1. The first-order valence-electron chi connectivity index (χ1n) is 44.4. The molecule has 638 valence electrons. The van der Waals surface area contributed by atoms with Crippen LogP contribution < -0.4 is 10.6 Å². The monoisotopic (exact) mass is 1550 g/mol. The summed E-state index contributed by atoms with van der Waals surface area (Å²) >= 11 is 0. The van der Waals surface area contributed by atoms with E-state index >= 15 is 0 Å². The number of ether oxygens (including phenoxy) is 6. The highest BCUT2D eigenvalue weighted by molar-refractivity contribution is 5.77. The minimum Gasteiger partial charge on any atom is -0.477 e. The molecule has 0 aromatic heterocycles. The molecule has 18 unspecified atom stereocenters. The van der Waals surface area contributed by atoms with Gasteiger partial charge in [0.05, 0.1) is 50.7 Å². The normalized spacial score (nSPS) is 25.8. The van der Waals surface area contributed by atoms with Crippen molar-refractivity contribution in [3.05, 3.63) is 0 Å². The predicted octanol–water partition coefficient (Wildman–Crippen LogP) is 13.5. The number of aliphatic hydroxyl groups is 11. The summed E-state index contributed by atoms with van der Waals surface area (Å²) in [7, 11) is 0. The molecule has 0 bridgehead atoms. The topological polar surface area (TPSA) is 373 Å². The van der Waals surface area contributed by atoms with Gasteiger partial charge in [-0.25, -0.2) is 4.79 Å². The van der Waals surface area contributed by atoms with Crippen molar-refractivity contribution >= 4 is 17.8 Å². The van der Waals surface area contributed by atoms with Crippen LogP contribution in [-0.2, 0) is 42.8 Å². The highest BCUT2D eigenvalue weighted by Crippen LogP contribution is 2.39. The Morgan fingerprint density at radius 2 is 0.806 bits per heavy atom. The molecule has 0 radical (unpaired) electrons. The molecule has 0 aromatic carbocycles. The SMILES string of the molecule is CCCCCCCCCCCCCCCCCCCCCCCCCCCCCCCC(=O)NC(COC1OC(CO)C(OC2OC(CO)C(O)C(OC3(C(=O)O)CC(O)C(NC(C)=O)C(C(O)C(O)CO)O3)C2O)C(O)C1O)C(O)CCCCCCCCCCCCCCCCCCCCCCCCCCC. The molecule has 3 fully saturated rings. The standard InChI is InChI=1S/C85H162N2O21/c1-4-6-8-10-12-14-16-18-20-22-24-26-28-30-31-32-33-35-37-39-41-43-45-47-49-51-53-55-57-59-72(95)87-66(67(92)58-56-54-52-50-48-46-44-42-40-38-36-34-29-27-25-23-21-19-17-15-13-11-9-7-5-2)64-103-82-77(99)76(98)79(71(63-90)105-82)106-83-78(100)81(75(97)70(62-89)104-83)108-85(84(101)102)60-68(93)73(86-65(3)91)80(107-85)74(96)69(94)61-88/h66-71,73-83,88-90,92-94,96-100H,4-64H2,1-3H3,(H,86,91)(H,87,95)(H,101,102). The minimum atomic E-state index is -3.08. The Morgan fingerprint density at radius 3 is 1.16 bits per heavy atom. The molecule has 18 atom stereocenters. The van der Waals surface area contributed by atoms with Gasteiger partial charge in [0.15, 0.2) is 12.6 Å². The van der Waals surface area contributed by atoms with E-state index in [4.69, 9.17) is 28.4 Å². The Morgan fingerprint density at radius 1 is 0.444 bits per heavy atom. The lowest BCUT2D eigenvalue weighted by atomic mass is 9.88. The van der Waals surface area contributed by atoms with Gasteiger partial charge < -0.3 is 100 Å². The van der Waals surface area contributed by atoms with Crippen molar-refractivity contribution in [2.75, 3.05) is 26.4 Å². The van der Waals surface area contributed by atoms with Crippen LogP contribution in [0.4, 0.5) is 0 Å². The Hall–Kier alpha value is -2.27. The van der Waals surface area contributed by atoms with Gasteiger partial charge in [-0.05, 0) is 12.8 Å². The lowest BCUT2D eigenvalue weighted by Gasteiger charge is -2.50. The van der Waals surface area contributed by atoms with Crippen molar-refractivity contribution in [2.24, 2.45) is 0 Å². The van der Waals surface area contributed by atoms with Crippen LogP contribution >= 0.6 is 0 Å². The van der Waals surface area contributed by atoms with E-state index in [1.165, 1.54) is 289 Å². The van der Waals surface area contributed by atoms with Gasteiger partial charge in [0.2, 0.25) is 11.8 Å². The van der Waals surface area contributed by atoms with Crippen LogP contribution in [-0.4, -0.2) is 215 Å². The summed E-state index contributed by atoms with van der Waals surface area (Å²) in [6.45, 7) is 2.29. The quantitative estimate of drug-likeness (QED) is 0.0252. The summed E-state index contributed by atoms with van der Waals surface area (Å²) < 4.78 is 35.1. The van der Waals surface area contributed by atoms with Crippen molar-refractivity contribution in [3.8, 4) is 0 Å². The highest BCUT2D eigenvalue weighted by Gasteiger charge is 2.60. The number of hydrogen-bond donors (Lipinski definition) is 14. The van der Waals surface area contributed by atoms with Gasteiger partial charge in [-0.3, -0.25) is 9.59 Å². The van der Waals surface area contributed by atoms with E-state index in [2.05, 4.69) is 24.5 Å². The van der Waals surface area contributed by atoms with Gasteiger partial charge in [0.25, 0.3) is 5.79 Å². The fourth-order valence-electron chi connectivity index (χ4n) is 15.8. The molecule has 0 saturated carbocycles. The molecule has 23 nitrogen and oxygen atoms in total. The Bertz CT molecular complexity index is 2140. The second-order valence-electron chi connectivity index (χ2n) is 32.5. The Balaban J connectivity index is 1.46. The average molecular weight is 1550 g/mol. The first kappa shape index (κ1) is 99.9. The molecule has 3 saturated heterocycles. The fraction of sp³-hybridized carbons (Fsp3) is 0.965. The zero-order valence-electron chi connectivity index (χ0n) is 68.0. The summed E-state index contributed by atoms with van der Waals surface area (Å²) in [5.74, 6) is -6.08. The summed E-state index contributed by atoms with van der Waals surface area (Å²) in [4.78, 5) is 38.8. The van der Waals surface area contributed by atoms with Crippen LogP contribution in [0.1, 0.15) is 387 Å². The molecule has 3 rings (SSSR count). The largest absolute Gasteiger partial charge is 0.477 e. The minimum absolute atomic E-state index is 0.230. The number of carboxylic acid groups (broad SMARTS) is 1. The molecular formula is C85H162N2O21. The third-order valence-electron chi connectivity index (χ3n) is 22.8. The molecule has 0 spiro atoms. The van der Waals surface area contributed by atoms with Gasteiger partial charge in [0, 0.05) is 19.8 Å². The zero-order chi connectivity index (χ0) is 78.8. The van der Waals surface area contributed by atoms with E-state index in [1.54, 1.807) is 0 Å². The highest BCUT2D eigenvalue weighted by atomic mass is 16.8. The van der Waals surface area contributed by atoms with Crippen LogP contribution in [0.2, 0.25) is 0 Å². The predicted molar refractivity (Wildman–Crippen MR) is 422 cm³/mol. The molecule has 0 aliphatic carbocycles. The smallest absolute Gasteiger partial charge is 0.364 e. The Labute approximate surface area is 652 Å². The van der Waals surface area contributed by atoms with E-state index in [9.17, 15) is 75.7 Å². The lowest BCUT2D eigenvalue weighted by molar-refractivity contribution is -0.386. The van der Waals surface area contributed by atoms with Crippen molar-refractivity contribution in [3.63, 3.8) is 0 Å². The molecule has 2 amide bonds. The maximum Gasteiger partial charge on any atom is 0.364 e. The molecular weight excluding hydrogens is 1380 g/mol. The van der Waals surface area contributed by atoms with E-state index in [0.29, 0.717) is 19.3 Å². The van der Waals surface area contributed by atoms with Crippen molar-refractivity contribution in [1.82, 2.24) is 10.6 Å². The van der Waals surface area contributed by atoms with Crippen molar-refractivity contribution in [2.45, 2.75) is 497 Å². The first-order valence-corrected chi connectivity index (χ1v) is 44.4. The third kappa shape index (κ3) is 42.9. The van der Waals surface area contributed by atoms with Crippen LogP contribution in [0.25, 0.3) is 0 Å². The molecule has 0 aromatic rings. The third-order valence-corrected chi connectivity index (χ3v) is 22.8. The number of nitrogens with one attached hydrogen (secondary N) is 2. The van der Waals surface area contributed by atoms with Crippen molar-refractivity contribution in [1.29, 1.82) is 0 Å². The molecule has 3 heterocycles. The summed E-state index contributed by atoms with van der Waals surface area (Å²) in [6, 6.07) is -2.53. The Kier molecular flexibility index (Phi) is 59.2. The number of unbranched alkanes of at least 4 members (excludes halogenated alkanes) is 52. The summed E-state index contributed by atoms with van der Waals surface area (Å²) in [5.41, 5.74) is 0. The molecule has 23 heteroatoms. The van der Waals surface area contributed by atoms with Gasteiger partial charge in [0.1, 0.15) is 67.1 Å². The van der Waals surface area contributed by atoms with Crippen LogP contribution in [0.15, 0.2) is 0 Å². The molecule has 3 aliphatic rings. The number of aliphatic carboxylic acids is 1. The van der Waals surface area contributed by atoms with Crippen LogP contribution in [0, 0.1) is 0 Å². The number of hydrogen-bond acceptors (Lipinski definition) is 20. The van der Waals surface area contributed by atoms with Crippen LogP contribution in [0.3, 0.4) is 0 Å². The number of aliphatic hydroxyl groups excluding tert-OH is 11. The average Bonchev–Trinajstić information content (AvgIpc) is 0.755. The second kappa shape index (κ2) is 64.0. The van der Waals surface area contributed by atoms with Crippen LogP contribution in [0.5, 0.6) is 0 Å². The van der Waals surface area contributed by atoms with Gasteiger partial charge in [-0.1, -0.05) is 354 Å². The summed E-state index contributed by atoms with van der Waals surface area (Å²) in [5, 5.41) is 137. The van der Waals surface area contributed by atoms with Gasteiger partial charge >= 0.3 is 5.97 Å². The number of carbonyl (C=O) groups is 3. The maximum absolute atomic E-state index is 13.6. The first-order chi connectivity index (χ1) is 52.4. The van der Waals surface area contributed by atoms with E-state index < -0.39 is 148 Å². The molecule has 14 N–H and O–H groups in total. The van der Waals surface area contributed by atoms with Crippen molar-refractivity contribution < 1.29 is 104 Å². The fourth-order valence-corrected chi connectivity index (χ4v) is 15.8. The van der Waals surface area contributed by atoms with Gasteiger partial charge in [-0.2, -0.15) is 0 Å². The maximum atomic E-state index is 13.6. The lowest BCUT2D eigenvalue weighted by Crippen LogP contribution is -2.70. The number of rotatable bonds is 72. The molecule has 3 aliphatic heterocycles. The number of carbonyl (C=O) groups excluding carboxylic acids is 2. The zero-order valence-corrected chi connectivity index (χ0v) is 68.0. The van der Waals surface area contributed by atoms with E-state index in [-0.39, 0.29) is 18.9 Å². The second-order valence-corrected chi connectivity index (χ2v) is 32.5. The van der Waals surface area contributed by atoms with E-state index in [0.717, 1.165) is 51.9 Å². The van der Waals surface area contributed by atoms with Gasteiger partial charge in [-0.15, -0.1) is 0 Å². The van der Waals surface area contributed by atoms with E-state index in [1.807, 2.05) is 0 Å². The molecule has 108 heavy (non-hydrogen) atoms. The summed E-state index contributed by atoms with van der Waals surface area (Å²) in [6.07, 6.45) is 41.0. The number of amides is 2.